The summed E-state index contributed by atoms with van der Waals surface area (Å²) in [5.74, 6) is 0.599. The van der Waals surface area contributed by atoms with Gasteiger partial charge in [0.15, 0.2) is 0 Å². The predicted octanol–water partition coefficient (Wildman–Crippen LogP) is 5.90. The summed E-state index contributed by atoms with van der Waals surface area (Å²) in [6.45, 7) is 17.0. The summed E-state index contributed by atoms with van der Waals surface area (Å²) in [4.78, 5) is 28.0. The Hall–Kier alpha value is -4.76. The zero-order chi connectivity index (χ0) is 32.4. The van der Waals surface area contributed by atoms with Gasteiger partial charge in [-0.05, 0) is 73.9 Å². The molecule has 46 heavy (non-hydrogen) atoms. The number of aromatic nitrogens is 4. The molecule has 11 nitrogen and oxygen atoms in total. The van der Waals surface area contributed by atoms with Gasteiger partial charge >= 0.3 is 0 Å². The molecule has 1 saturated heterocycles. The van der Waals surface area contributed by atoms with Crippen molar-refractivity contribution in [3.63, 3.8) is 0 Å². The molecule has 0 unspecified atom stereocenters. The number of aliphatic hydroxyl groups excluding tert-OH is 1. The van der Waals surface area contributed by atoms with Gasteiger partial charge in [-0.2, -0.15) is 0 Å². The van der Waals surface area contributed by atoms with E-state index in [-0.39, 0.29) is 11.4 Å². The van der Waals surface area contributed by atoms with Gasteiger partial charge < -0.3 is 24.7 Å². The van der Waals surface area contributed by atoms with Crippen molar-refractivity contribution < 1.29 is 9.52 Å². The number of hydrogen-bond acceptors (Lipinski definition) is 9. The molecule has 0 bridgehead atoms. The van der Waals surface area contributed by atoms with Crippen LogP contribution in [0.2, 0.25) is 5.02 Å². The van der Waals surface area contributed by atoms with E-state index >= 15 is 0 Å². The van der Waals surface area contributed by atoms with Gasteiger partial charge in [0.2, 0.25) is 17.5 Å². The number of pyridine rings is 2. The number of anilines is 2. The minimum absolute atomic E-state index is 0.0459. The van der Waals surface area contributed by atoms with Crippen molar-refractivity contribution in [3.8, 4) is 11.5 Å². The largest absolute Gasteiger partial charge is 0.418 e. The van der Waals surface area contributed by atoms with E-state index in [1.165, 1.54) is 0 Å². The lowest BCUT2D eigenvalue weighted by molar-refractivity contribution is 0.159. The minimum atomic E-state index is -0.844. The molecule has 3 N–H and O–H groups in total. The number of hydrogen-bond donors (Lipinski definition) is 3. The van der Waals surface area contributed by atoms with Crippen molar-refractivity contribution in [2.45, 2.75) is 45.9 Å². The first-order valence-electron chi connectivity index (χ1n) is 15.3. The Morgan fingerprint density at radius 1 is 1.13 bits per heavy atom. The monoisotopic (exact) mass is 638 g/mol. The molecule has 0 aliphatic carbocycles. The molecule has 0 amide bonds. The second kappa shape index (κ2) is 13.3. The number of rotatable bonds is 9. The first-order valence-corrected chi connectivity index (χ1v) is 15.6. The van der Waals surface area contributed by atoms with E-state index in [4.69, 9.17) is 22.6 Å². The Balaban J connectivity index is 1.08. The van der Waals surface area contributed by atoms with Crippen molar-refractivity contribution >= 4 is 39.7 Å². The van der Waals surface area contributed by atoms with Gasteiger partial charge in [0.05, 0.1) is 28.7 Å². The summed E-state index contributed by atoms with van der Waals surface area (Å²) >= 11 is 6.34. The Kier molecular flexibility index (Phi) is 9.03. The summed E-state index contributed by atoms with van der Waals surface area (Å²) < 4.78 is 6.01. The fourth-order valence-electron chi connectivity index (χ4n) is 5.70. The quantitative estimate of drug-likeness (QED) is 0.169. The van der Waals surface area contributed by atoms with Crippen LogP contribution in [0.1, 0.15) is 42.5 Å². The van der Waals surface area contributed by atoms with Crippen molar-refractivity contribution in [3.05, 3.63) is 104 Å². The van der Waals surface area contributed by atoms with Crippen LogP contribution in [0.4, 0.5) is 17.1 Å². The van der Waals surface area contributed by atoms with Crippen LogP contribution in [-0.2, 0) is 13.0 Å². The number of halogens is 1. The van der Waals surface area contributed by atoms with Gasteiger partial charge in [-0.15, -0.1) is 10.2 Å². The highest BCUT2D eigenvalue weighted by Crippen LogP contribution is 2.35. The number of H-pyrrole nitrogens is 1. The SMILES string of the molecule is [C-]#[N+]c1ccc(N[C@@H](c2nnc(-c3ccc(N4CCN(Cc5cnc6cc(CC)c(=O)[nH]c6c5)CC4)cc3)o2)[C@H](C)O)c(C)c1Cl. The fraction of sp³-hybridized carbons (Fsp3) is 0.324. The van der Waals surface area contributed by atoms with Gasteiger partial charge in [-0.3, -0.25) is 14.7 Å². The average Bonchev–Trinajstić information content (AvgIpc) is 3.55. The molecule has 0 saturated carbocycles. The second-order valence-corrected chi connectivity index (χ2v) is 11.9. The molecule has 4 heterocycles. The fourth-order valence-corrected chi connectivity index (χ4v) is 5.91. The third-order valence-corrected chi connectivity index (χ3v) is 8.93. The predicted molar refractivity (Wildman–Crippen MR) is 179 cm³/mol. The van der Waals surface area contributed by atoms with Crippen LogP contribution in [0.5, 0.6) is 0 Å². The zero-order valence-corrected chi connectivity index (χ0v) is 26.7. The highest BCUT2D eigenvalue weighted by atomic mass is 35.5. The molecule has 5 aromatic rings. The van der Waals surface area contributed by atoms with Crippen molar-refractivity contribution in [1.82, 2.24) is 25.1 Å². The maximum absolute atomic E-state index is 12.3. The van der Waals surface area contributed by atoms with E-state index in [0.29, 0.717) is 34.3 Å². The van der Waals surface area contributed by atoms with Crippen LogP contribution in [0.15, 0.2) is 63.9 Å². The lowest BCUT2D eigenvalue weighted by atomic mass is 10.1. The smallest absolute Gasteiger partial charge is 0.251 e. The highest BCUT2D eigenvalue weighted by Gasteiger charge is 2.26. The third kappa shape index (κ3) is 6.46. The highest BCUT2D eigenvalue weighted by molar-refractivity contribution is 6.34. The number of fused-ring (bicyclic) bond motifs is 1. The first kappa shape index (κ1) is 31.2. The Morgan fingerprint density at radius 2 is 1.89 bits per heavy atom. The van der Waals surface area contributed by atoms with Crippen LogP contribution in [0.25, 0.3) is 27.3 Å². The third-order valence-electron chi connectivity index (χ3n) is 8.45. The molecule has 1 aliphatic rings. The van der Waals surface area contributed by atoms with Gasteiger partial charge in [-0.1, -0.05) is 24.6 Å². The normalized spacial score (nSPS) is 15.1. The molecule has 1 fully saturated rings. The number of benzene rings is 2. The van der Waals surface area contributed by atoms with Gasteiger partial charge in [0.1, 0.15) is 6.04 Å². The second-order valence-electron chi connectivity index (χ2n) is 11.6. The van der Waals surface area contributed by atoms with Gasteiger partial charge in [0.25, 0.3) is 5.56 Å². The van der Waals surface area contributed by atoms with E-state index in [9.17, 15) is 9.90 Å². The van der Waals surface area contributed by atoms with Crippen LogP contribution in [-0.4, -0.2) is 62.5 Å². The lowest BCUT2D eigenvalue weighted by Gasteiger charge is -2.36. The van der Waals surface area contributed by atoms with E-state index < -0.39 is 12.1 Å². The Morgan fingerprint density at radius 3 is 2.59 bits per heavy atom. The molecule has 0 spiro atoms. The molecule has 0 radical (unpaired) electrons. The Labute approximate surface area is 271 Å². The van der Waals surface area contributed by atoms with E-state index in [2.05, 4.69) is 52.3 Å². The summed E-state index contributed by atoms with van der Waals surface area (Å²) in [5.41, 5.74) is 6.99. The van der Waals surface area contributed by atoms with E-state index in [1.54, 1.807) is 19.1 Å². The van der Waals surface area contributed by atoms with Crippen LogP contribution >= 0.6 is 11.6 Å². The van der Waals surface area contributed by atoms with E-state index in [0.717, 1.165) is 66.1 Å². The standard InChI is InChI=1S/C34H35ClN8O3/c1-5-23-17-28-29(39-32(23)45)16-22(18-37-28)19-42-12-14-43(15-13-42)25-8-6-24(7-9-25)33-40-41-34(46-33)31(21(3)44)38-26-10-11-27(36-4)30(35)20(26)2/h6-11,16-18,21,31,38,44H,5,12-15,19H2,1-3H3,(H,39,45)/t21-,31+/m0/s1. The molecular formula is C34H35ClN8O3. The molecule has 12 heteroatoms. The summed E-state index contributed by atoms with van der Waals surface area (Å²) in [5, 5.41) is 22.6. The number of aromatic amines is 1. The maximum Gasteiger partial charge on any atom is 0.251 e. The number of nitrogens with one attached hydrogen (secondary N) is 2. The number of piperazine rings is 1. The van der Waals surface area contributed by atoms with Gasteiger partial charge in [-0.25, -0.2) is 4.85 Å². The maximum atomic E-state index is 12.3. The van der Waals surface area contributed by atoms with Crippen LogP contribution in [0.3, 0.4) is 0 Å². The topological polar surface area (TPSA) is 128 Å². The lowest BCUT2D eigenvalue weighted by Crippen LogP contribution is -2.45. The minimum Gasteiger partial charge on any atom is -0.418 e. The Bertz CT molecular complexity index is 1960. The molecular weight excluding hydrogens is 604 g/mol. The molecule has 6 rings (SSSR count). The molecule has 1 aliphatic heterocycles. The molecule has 3 aromatic heterocycles. The summed E-state index contributed by atoms with van der Waals surface area (Å²) in [6.07, 6.45) is 1.74. The molecule has 236 valence electrons. The zero-order valence-electron chi connectivity index (χ0n) is 25.9. The van der Waals surface area contributed by atoms with E-state index in [1.807, 2.05) is 44.3 Å². The van der Waals surface area contributed by atoms with Crippen molar-refractivity contribution in [2.24, 2.45) is 0 Å². The van der Waals surface area contributed by atoms with Crippen LogP contribution in [0, 0.1) is 13.5 Å². The van der Waals surface area contributed by atoms with Crippen molar-refractivity contribution in [1.29, 1.82) is 0 Å². The summed E-state index contributed by atoms with van der Waals surface area (Å²) in [6, 6.07) is 14.7. The average molecular weight is 639 g/mol. The van der Waals surface area contributed by atoms with Crippen LogP contribution < -0.4 is 15.8 Å². The van der Waals surface area contributed by atoms with Crippen molar-refractivity contribution in [2.75, 3.05) is 36.4 Å². The first-order chi connectivity index (χ1) is 22.2. The van der Waals surface area contributed by atoms with Gasteiger partial charge in [0, 0.05) is 61.4 Å². The number of aryl methyl sites for hydroxylation is 1. The number of nitrogens with zero attached hydrogens (tertiary/aromatic N) is 6. The summed E-state index contributed by atoms with van der Waals surface area (Å²) in [7, 11) is 0. The molecule has 2 aromatic carbocycles. The number of aliphatic hydroxyl groups is 1. The molecule has 2 atom stereocenters.